The van der Waals surface area contributed by atoms with Crippen molar-refractivity contribution in [1.82, 2.24) is 9.80 Å². The van der Waals surface area contributed by atoms with E-state index in [1.807, 2.05) is 105 Å². The topological polar surface area (TPSA) is 108 Å². The van der Waals surface area contributed by atoms with Crippen molar-refractivity contribution in [3.8, 4) is 51.7 Å². The number of ether oxygens (including phenoxy) is 4. The number of halogens is 3. The van der Waals surface area contributed by atoms with Gasteiger partial charge in [0.15, 0.2) is 0 Å². The number of benzene rings is 6. The lowest BCUT2D eigenvalue weighted by Gasteiger charge is -2.37. The molecule has 9 nitrogen and oxygen atoms in total. The van der Waals surface area contributed by atoms with Crippen molar-refractivity contribution in [3.63, 3.8) is 0 Å². The third-order valence-electron chi connectivity index (χ3n) is 13.7. The molecule has 0 aliphatic carbocycles. The number of fused-ring (bicyclic) bond motifs is 2. The van der Waals surface area contributed by atoms with Gasteiger partial charge in [0.2, 0.25) is 0 Å². The van der Waals surface area contributed by atoms with Crippen LogP contribution in [0.25, 0.3) is 33.4 Å². The van der Waals surface area contributed by atoms with Crippen LogP contribution in [0.1, 0.15) is 65.0 Å². The van der Waals surface area contributed by atoms with Gasteiger partial charge in [-0.2, -0.15) is 5.26 Å². The van der Waals surface area contributed by atoms with Crippen LogP contribution < -0.4 is 18.9 Å². The monoisotopic (exact) mass is 947 g/mol. The van der Waals surface area contributed by atoms with Gasteiger partial charge in [-0.05, 0) is 138 Å². The van der Waals surface area contributed by atoms with E-state index >= 15 is 0 Å². The van der Waals surface area contributed by atoms with Gasteiger partial charge in [0.1, 0.15) is 59.9 Å². The summed E-state index contributed by atoms with van der Waals surface area (Å²) >= 11 is 6.60. The molecule has 6 aromatic carbocycles. The maximum Gasteiger partial charge on any atom is 0.150 e. The molecular weight excluding hydrogens is 896 g/mol. The van der Waals surface area contributed by atoms with Gasteiger partial charge in [-0.3, -0.25) is 18.6 Å². The average molecular weight is 949 g/mol. The fourth-order valence-electron chi connectivity index (χ4n) is 10.0. The second-order valence-electron chi connectivity index (χ2n) is 18.4. The second-order valence-corrected chi connectivity index (χ2v) is 18.9. The van der Waals surface area contributed by atoms with E-state index in [0.717, 1.165) is 75.3 Å². The molecule has 2 saturated heterocycles. The summed E-state index contributed by atoms with van der Waals surface area (Å²) in [4.78, 5) is 4.35. The van der Waals surface area contributed by atoms with Crippen LogP contribution in [0.3, 0.4) is 0 Å². The fourth-order valence-corrected chi connectivity index (χ4v) is 10.2. The van der Waals surface area contributed by atoms with Crippen molar-refractivity contribution in [2.45, 2.75) is 26.1 Å². The highest BCUT2D eigenvalue weighted by molar-refractivity contribution is 6.30. The lowest BCUT2D eigenvalue weighted by molar-refractivity contribution is 0.0668. The molecular formula is C57H52ClF2N3O6. The third-order valence-corrected chi connectivity index (χ3v) is 13.9. The first kappa shape index (κ1) is 45.9. The van der Waals surface area contributed by atoms with Gasteiger partial charge in [0.05, 0.1) is 25.0 Å². The van der Waals surface area contributed by atoms with Crippen molar-refractivity contribution in [2.75, 3.05) is 65.8 Å². The normalized spacial score (nSPS) is 18.3. The summed E-state index contributed by atoms with van der Waals surface area (Å²) in [6.07, 6.45) is -1.24. The molecule has 0 radical (unpaired) electrons. The minimum absolute atomic E-state index is 0.0470. The lowest BCUT2D eigenvalue weighted by Crippen LogP contribution is -2.49. The van der Waals surface area contributed by atoms with Gasteiger partial charge in [0, 0.05) is 90.0 Å². The minimum Gasteiger partial charge on any atom is -0.508 e. The standard InChI is InChI=1S/C57H52ClF2N3O6/c1-34-48-13-9-46(65)26-53(48)69-57(54(34)40-4-3-5-44(58)23-40)41-8-14-51(67-19-17-63-32-38(28-60)33-63)50(24-41)42-20-36(29-61)21-43(22-42)55-35(2)49-25-45(64)10-15-52(49)68-56(55)39-6-11-47(12-7-39)66-18-16-62-30-37(27-59)31-62/h3-15,20-26,37-38,56-57,64-65H,16-19,27-28,30-33H2,1-2H3/t56-,57-/m0/s1. The van der Waals surface area contributed by atoms with Crippen LogP contribution in [0.15, 0.2) is 121 Å². The van der Waals surface area contributed by atoms with Gasteiger partial charge in [-0.15, -0.1) is 0 Å². The Bertz CT molecular complexity index is 3010. The number of hydrogen-bond donors (Lipinski definition) is 2. The van der Waals surface area contributed by atoms with Crippen LogP contribution in [0.4, 0.5) is 8.78 Å². The number of aromatic hydroxyl groups is 2. The van der Waals surface area contributed by atoms with Gasteiger partial charge >= 0.3 is 0 Å². The Labute approximate surface area is 406 Å². The number of nitrogens with zero attached hydrogens (tertiary/aromatic N) is 3. The quantitative estimate of drug-likeness (QED) is 0.104. The van der Waals surface area contributed by atoms with E-state index < -0.39 is 12.2 Å². The number of likely N-dealkylation sites (tertiary alicyclic amines) is 2. The molecule has 0 amide bonds. The molecule has 0 aromatic heterocycles. The zero-order valence-electron chi connectivity index (χ0n) is 38.4. The van der Waals surface area contributed by atoms with E-state index in [-0.39, 0.29) is 36.7 Å². The highest BCUT2D eigenvalue weighted by atomic mass is 35.5. The molecule has 352 valence electrons. The summed E-state index contributed by atoms with van der Waals surface area (Å²) < 4.78 is 52.7. The maximum atomic E-state index is 13.3. The Morgan fingerprint density at radius 2 is 1.25 bits per heavy atom. The van der Waals surface area contributed by atoms with E-state index in [2.05, 4.69) is 15.9 Å². The van der Waals surface area contributed by atoms with Gasteiger partial charge in [-0.25, -0.2) is 0 Å². The summed E-state index contributed by atoms with van der Waals surface area (Å²) in [5.41, 5.74) is 10.3. The zero-order chi connectivity index (χ0) is 47.8. The van der Waals surface area contributed by atoms with Crippen LogP contribution in [-0.4, -0.2) is 85.8 Å². The van der Waals surface area contributed by atoms with Crippen LogP contribution in [0.5, 0.6) is 34.5 Å². The summed E-state index contributed by atoms with van der Waals surface area (Å²) in [5, 5.41) is 32.5. The summed E-state index contributed by atoms with van der Waals surface area (Å²) in [6.45, 7) is 8.46. The first-order valence-electron chi connectivity index (χ1n) is 23.4. The molecule has 10 rings (SSSR count). The Morgan fingerprint density at radius 3 is 1.96 bits per heavy atom. The third kappa shape index (κ3) is 9.49. The molecule has 4 heterocycles. The number of alkyl halides is 2. The Hall–Kier alpha value is -6.84. The molecule has 69 heavy (non-hydrogen) atoms. The van der Waals surface area contributed by atoms with Gasteiger partial charge in [-0.1, -0.05) is 41.9 Å². The molecule has 4 aliphatic rings. The van der Waals surface area contributed by atoms with E-state index in [0.29, 0.717) is 77.6 Å². The Balaban J connectivity index is 1.06. The molecule has 2 fully saturated rings. The number of nitriles is 1. The first-order chi connectivity index (χ1) is 33.5. The maximum absolute atomic E-state index is 13.3. The smallest absolute Gasteiger partial charge is 0.150 e. The van der Waals surface area contributed by atoms with E-state index in [4.69, 9.17) is 30.5 Å². The zero-order valence-corrected chi connectivity index (χ0v) is 39.2. The molecule has 0 spiro atoms. The fraction of sp³-hybridized carbons (Fsp3) is 0.281. The molecule has 6 aromatic rings. The highest BCUT2D eigenvalue weighted by Gasteiger charge is 2.33. The SMILES string of the molecule is CC1=C(c2cccc(Cl)c2)[C@H](c2ccc(OCCN3CC(CF)C3)c(-c3cc(C#N)cc(C4=C(C)c5cc(O)ccc5O[C@H]4c4ccc(OCCN5CC(CF)C5)cc4)c3)c2)Oc2cc(O)ccc21. The largest absolute Gasteiger partial charge is 0.508 e. The van der Waals surface area contributed by atoms with E-state index in [1.54, 1.807) is 30.3 Å². The van der Waals surface area contributed by atoms with Crippen LogP contribution in [0.2, 0.25) is 5.02 Å². The van der Waals surface area contributed by atoms with Crippen LogP contribution >= 0.6 is 11.6 Å². The minimum atomic E-state index is -0.635. The van der Waals surface area contributed by atoms with Crippen molar-refractivity contribution in [1.29, 1.82) is 5.26 Å². The number of allylic oxidation sites excluding steroid dienone is 2. The van der Waals surface area contributed by atoms with Crippen LogP contribution in [-0.2, 0) is 0 Å². The first-order valence-corrected chi connectivity index (χ1v) is 23.7. The van der Waals surface area contributed by atoms with Crippen molar-refractivity contribution in [2.24, 2.45) is 11.8 Å². The molecule has 2 atom stereocenters. The molecule has 0 bridgehead atoms. The Kier molecular flexibility index (Phi) is 13.1. The van der Waals surface area contributed by atoms with Gasteiger partial charge < -0.3 is 29.2 Å². The van der Waals surface area contributed by atoms with Crippen LogP contribution in [0, 0.1) is 23.2 Å². The lowest BCUT2D eigenvalue weighted by atomic mass is 9.83. The van der Waals surface area contributed by atoms with Crippen molar-refractivity contribution >= 4 is 33.9 Å². The van der Waals surface area contributed by atoms with E-state index in [1.165, 1.54) is 0 Å². The molecule has 0 unspecified atom stereocenters. The highest BCUT2D eigenvalue weighted by Crippen LogP contribution is 2.51. The van der Waals surface area contributed by atoms with Crippen molar-refractivity contribution in [3.05, 3.63) is 165 Å². The molecule has 12 heteroatoms. The Morgan fingerprint density at radius 1 is 0.623 bits per heavy atom. The summed E-state index contributed by atoms with van der Waals surface area (Å²) in [7, 11) is 0. The van der Waals surface area contributed by atoms with Crippen molar-refractivity contribution < 1.29 is 37.9 Å². The summed E-state index contributed by atoms with van der Waals surface area (Å²) in [5.74, 6) is 2.79. The van der Waals surface area contributed by atoms with Gasteiger partial charge in [0.25, 0.3) is 0 Å². The molecule has 2 N–H and O–H groups in total. The predicted octanol–water partition coefficient (Wildman–Crippen LogP) is 12.0. The number of rotatable bonds is 15. The average Bonchev–Trinajstić information content (AvgIpc) is 3.33. The second kappa shape index (κ2) is 19.6. The number of hydrogen-bond acceptors (Lipinski definition) is 9. The van der Waals surface area contributed by atoms with E-state index in [9.17, 15) is 24.3 Å². The predicted molar refractivity (Wildman–Crippen MR) is 265 cm³/mol. The molecule has 4 aliphatic heterocycles. The summed E-state index contributed by atoms with van der Waals surface area (Å²) in [6, 6.07) is 39.8. The number of phenols is 2. The number of phenolic OH excluding ortho intramolecular Hbond substituents is 2. The molecule has 0 saturated carbocycles.